The number of hydrogen-bond donors (Lipinski definition) is 3. The Hall–Kier alpha value is -5.12. The summed E-state index contributed by atoms with van der Waals surface area (Å²) in [6.07, 6.45) is 3.08. The van der Waals surface area contributed by atoms with Gasteiger partial charge in [-0.25, -0.2) is 9.78 Å². The van der Waals surface area contributed by atoms with Gasteiger partial charge >= 0.3 is 11.9 Å². The number of hydrogen-bond acceptors (Lipinski definition) is 7. The fourth-order valence-electron chi connectivity index (χ4n) is 4.80. The van der Waals surface area contributed by atoms with Gasteiger partial charge in [0.1, 0.15) is 17.3 Å². The van der Waals surface area contributed by atoms with Gasteiger partial charge in [0.2, 0.25) is 5.95 Å². The van der Waals surface area contributed by atoms with Crippen LogP contribution in [-0.2, 0) is 9.59 Å². The largest absolute Gasteiger partial charge is 0.507 e. The minimum Gasteiger partial charge on any atom is -0.507 e. The molecule has 3 aromatic carbocycles. The van der Waals surface area contributed by atoms with E-state index in [-0.39, 0.29) is 22.8 Å². The summed E-state index contributed by atoms with van der Waals surface area (Å²) in [7, 11) is 1.53. The number of ether oxygens (including phenoxy) is 2. The van der Waals surface area contributed by atoms with Gasteiger partial charge in [-0.05, 0) is 66.6 Å². The second-order valence-electron chi connectivity index (χ2n) is 9.62. The zero-order valence-corrected chi connectivity index (χ0v) is 22.6. The number of methoxy groups -OCH3 is 1. The summed E-state index contributed by atoms with van der Waals surface area (Å²) < 4.78 is 11.0. The van der Waals surface area contributed by atoms with Crippen molar-refractivity contribution >= 4 is 40.4 Å². The van der Waals surface area contributed by atoms with Gasteiger partial charge in [0, 0.05) is 5.56 Å². The summed E-state index contributed by atoms with van der Waals surface area (Å²) in [5.41, 5.74) is 1.61. The van der Waals surface area contributed by atoms with Crippen LogP contribution >= 0.6 is 0 Å². The molecule has 0 radical (unpaired) electrons. The van der Waals surface area contributed by atoms with E-state index in [1.165, 1.54) is 30.2 Å². The minimum absolute atomic E-state index is 0.0410. The molecule has 1 aliphatic rings. The van der Waals surface area contributed by atoms with Gasteiger partial charge in [-0.3, -0.25) is 14.5 Å². The van der Waals surface area contributed by atoms with E-state index in [0.29, 0.717) is 40.3 Å². The van der Waals surface area contributed by atoms with Crippen LogP contribution in [0, 0.1) is 0 Å². The van der Waals surface area contributed by atoms with E-state index in [9.17, 15) is 24.6 Å². The van der Waals surface area contributed by atoms with Crippen LogP contribution in [-0.4, -0.2) is 51.6 Å². The lowest BCUT2D eigenvalue weighted by molar-refractivity contribution is -0.132. The summed E-state index contributed by atoms with van der Waals surface area (Å²) in [5, 5.41) is 20.8. The predicted molar refractivity (Wildman–Crippen MR) is 152 cm³/mol. The van der Waals surface area contributed by atoms with Crippen molar-refractivity contribution in [1.82, 2.24) is 9.97 Å². The molecule has 3 N–H and O–H groups in total. The molecule has 210 valence electrons. The van der Waals surface area contributed by atoms with Crippen molar-refractivity contribution in [3.8, 4) is 11.5 Å². The van der Waals surface area contributed by atoms with Crippen LogP contribution < -0.4 is 14.4 Å². The number of unbranched alkanes of at least 4 members (excludes halogenated alkanes) is 2. The number of nitrogens with one attached hydrogen (secondary N) is 1. The number of aliphatic hydroxyl groups is 1. The number of aliphatic hydroxyl groups excluding tert-OH is 1. The molecule has 10 heteroatoms. The number of amides is 1. The van der Waals surface area contributed by atoms with Gasteiger partial charge in [-0.2, -0.15) is 0 Å². The summed E-state index contributed by atoms with van der Waals surface area (Å²) in [4.78, 5) is 47.0. The average Bonchev–Trinajstić information content (AvgIpc) is 3.52. The Kier molecular flexibility index (Phi) is 7.73. The number of aromatic amines is 1. The van der Waals surface area contributed by atoms with E-state index < -0.39 is 23.7 Å². The number of aromatic carboxylic acids is 1. The fourth-order valence-corrected chi connectivity index (χ4v) is 4.80. The lowest BCUT2D eigenvalue weighted by Gasteiger charge is -2.23. The van der Waals surface area contributed by atoms with Gasteiger partial charge < -0.3 is 24.7 Å². The third-order valence-corrected chi connectivity index (χ3v) is 6.96. The molecule has 0 aliphatic carbocycles. The number of rotatable bonds is 10. The van der Waals surface area contributed by atoms with Crippen LogP contribution in [0.3, 0.4) is 0 Å². The molecule has 2 heterocycles. The molecule has 1 aliphatic heterocycles. The van der Waals surface area contributed by atoms with Crippen molar-refractivity contribution in [3.05, 3.63) is 89.0 Å². The predicted octanol–water partition coefficient (Wildman–Crippen LogP) is 5.47. The highest BCUT2D eigenvalue weighted by molar-refractivity contribution is 6.51. The molecule has 1 saturated heterocycles. The van der Waals surface area contributed by atoms with Crippen molar-refractivity contribution < 1.29 is 34.1 Å². The SMILES string of the molecule is CCCCCOc1ccc(/C(O)=C2\C(=O)C(=O)N(c3nc4ccc(C(=O)O)cc4[nH]3)C2c2ccc(OC)cc2)cc1. The third kappa shape index (κ3) is 5.36. The molecule has 0 bridgehead atoms. The number of Topliss-reactive ketones (excluding diaryl/α,β-unsaturated/α-hetero) is 1. The number of carboxylic acid groups (broad SMARTS) is 1. The topological polar surface area (TPSA) is 142 Å². The van der Waals surface area contributed by atoms with Gasteiger partial charge in [-0.1, -0.05) is 31.9 Å². The number of nitrogens with zero attached hydrogens (tertiary/aromatic N) is 2. The first-order valence-electron chi connectivity index (χ1n) is 13.2. The maximum atomic E-state index is 13.5. The van der Waals surface area contributed by atoms with E-state index in [0.717, 1.165) is 19.3 Å². The monoisotopic (exact) mass is 555 g/mol. The molecular formula is C31H29N3O7. The zero-order valence-electron chi connectivity index (χ0n) is 22.6. The molecule has 1 fully saturated rings. The Morgan fingerprint density at radius 1 is 0.951 bits per heavy atom. The van der Waals surface area contributed by atoms with Gasteiger partial charge in [-0.15, -0.1) is 0 Å². The van der Waals surface area contributed by atoms with Crippen LogP contribution in [0.15, 0.2) is 72.3 Å². The summed E-state index contributed by atoms with van der Waals surface area (Å²) >= 11 is 0. The molecule has 5 rings (SSSR count). The first kappa shape index (κ1) is 27.4. The number of imidazole rings is 1. The smallest absolute Gasteiger partial charge is 0.335 e. The molecule has 1 atom stereocenters. The van der Waals surface area contributed by atoms with Crippen molar-refractivity contribution in [3.63, 3.8) is 0 Å². The number of fused-ring (bicyclic) bond motifs is 1. The summed E-state index contributed by atoms with van der Waals surface area (Å²) in [6.45, 7) is 2.69. The van der Waals surface area contributed by atoms with Crippen LogP contribution in [0.25, 0.3) is 16.8 Å². The van der Waals surface area contributed by atoms with Gasteiger partial charge in [0.05, 0.1) is 41.9 Å². The lowest BCUT2D eigenvalue weighted by Crippen LogP contribution is -2.30. The quantitative estimate of drug-likeness (QED) is 0.101. The number of carbonyl (C=O) groups excluding carboxylic acids is 2. The maximum Gasteiger partial charge on any atom is 0.335 e. The second-order valence-corrected chi connectivity index (χ2v) is 9.62. The molecule has 0 saturated carbocycles. The summed E-state index contributed by atoms with van der Waals surface area (Å²) in [6, 6.07) is 16.8. The standard InChI is InChI=1S/C31H29N3O7/c1-3-4-5-16-41-22-13-8-19(9-14-22)27(35)25-26(18-6-11-21(40-2)12-7-18)34(29(37)28(25)36)31-32-23-15-10-20(30(38)39)17-24(23)33-31/h6-15,17,26,35H,3-5,16H2,1-2H3,(H,32,33)(H,38,39)/b27-25+. The molecular weight excluding hydrogens is 526 g/mol. The van der Waals surface area contributed by atoms with Crippen LogP contribution in [0.5, 0.6) is 11.5 Å². The Labute approximate surface area is 235 Å². The molecule has 1 amide bonds. The molecule has 10 nitrogen and oxygen atoms in total. The highest BCUT2D eigenvalue weighted by Gasteiger charge is 2.48. The number of ketones is 1. The number of aromatic nitrogens is 2. The number of carboxylic acids is 1. The lowest BCUT2D eigenvalue weighted by atomic mass is 9.95. The van der Waals surface area contributed by atoms with Crippen molar-refractivity contribution in [2.75, 3.05) is 18.6 Å². The molecule has 0 spiro atoms. The average molecular weight is 556 g/mol. The van der Waals surface area contributed by atoms with Crippen LogP contribution in [0.1, 0.15) is 53.7 Å². The highest BCUT2D eigenvalue weighted by Crippen LogP contribution is 2.42. The van der Waals surface area contributed by atoms with E-state index in [1.807, 2.05) is 0 Å². The number of H-pyrrole nitrogens is 1. The Bertz CT molecular complexity index is 1640. The molecule has 1 unspecified atom stereocenters. The number of carbonyl (C=O) groups is 3. The van der Waals surface area contributed by atoms with E-state index in [4.69, 9.17) is 9.47 Å². The maximum absolute atomic E-state index is 13.5. The van der Waals surface area contributed by atoms with E-state index in [2.05, 4.69) is 16.9 Å². The highest BCUT2D eigenvalue weighted by atomic mass is 16.5. The number of anilines is 1. The normalized spacial score (nSPS) is 16.3. The third-order valence-electron chi connectivity index (χ3n) is 6.96. The molecule has 1 aromatic heterocycles. The molecule has 41 heavy (non-hydrogen) atoms. The Morgan fingerprint density at radius 2 is 1.63 bits per heavy atom. The van der Waals surface area contributed by atoms with Crippen LogP contribution in [0.4, 0.5) is 5.95 Å². The molecule has 4 aromatic rings. The Balaban J connectivity index is 1.58. The van der Waals surface area contributed by atoms with E-state index >= 15 is 0 Å². The first-order chi connectivity index (χ1) is 19.8. The summed E-state index contributed by atoms with van der Waals surface area (Å²) in [5.74, 6) is -1.97. The first-order valence-corrected chi connectivity index (χ1v) is 13.2. The van der Waals surface area contributed by atoms with Crippen molar-refractivity contribution in [1.29, 1.82) is 0 Å². The van der Waals surface area contributed by atoms with Gasteiger partial charge in [0.25, 0.3) is 5.78 Å². The van der Waals surface area contributed by atoms with Crippen molar-refractivity contribution in [2.24, 2.45) is 0 Å². The Morgan fingerprint density at radius 3 is 2.29 bits per heavy atom. The minimum atomic E-state index is -1.11. The zero-order chi connectivity index (χ0) is 29.1. The second kappa shape index (κ2) is 11.5. The number of benzene rings is 3. The van der Waals surface area contributed by atoms with Gasteiger partial charge in [0.15, 0.2) is 0 Å². The fraction of sp³-hybridized carbons (Fsp3) is 0.226. The van der Waals surface area contributed by atoms with Crippen molar-refractivity contribution in [2.45, 2.75) is 32.2 Å². The van der Waals surface area contributed by atoms with Crippen LogP contribution in [0.2, 0.25) is 0 Å². The van der Waals surface area contributed by atoms with E-state index in [1.54, 1.807) is 48.5 Å².